The van der Waals surface area contributed by atoms with Crippen molar-refractivity contribution in [2.75, 3.05) is 44.8 Å². The molecule has 9 nitrogen and oxygen atoms in total. The number of hydrogen-bond acceptors (Lipinski definition) is 8. The predicted molar refractivity (Wildman–Crippen MR) is 139 cm³/mol. The van der Waals surface area contributed by atoms with E-state index in [0.29, 0.717) is 42.6 Å². The topological polar surface area (TPSA) is 120 Å². The third-order valence-corrected chi connectivity index (χ3v) is 5.83. The number of anilines is 2. The number of rotatable bonds is 8. The second-order valence-corrected chi connectivity index (χ2v) is 8.79. The zero-order valence-corrected chi connectivity index (χ0v) is 20.4. The number of carbonyl (C=O) groups is 1. The van der Waals surface area contributed by atoms with Crippen molar-refractivity contribution < 1.29 is 9.53 Å². The Bertz CT molecular complexity index is 1270. The summed E-state index contributed by atoms with van der Waals surface area (Å²) >= 11 is 0. The maximum absolute atomic E-state index is 12.8. The van der Waals surface area contributed by atoms with Crippen molar-refractivity contribution in [3.8, 4) is 28.7 Å². The molecule has 3 N–H and O–H groups in total. The second-order valence-electron chi connectivity index (χ2n) is 8.79. The number of nitriles is 1. The van der Waals surface area contributed by atoms with Crippen LogP contribution in [0.1, 0.15) is 6.42 Å². The van der Waals surface area contributed by atoms with Gasteiger partial charge in [-0.1, -0.05) is 30.3 Å². The van der Waals surface area contributed by atoms with Crippen LogP contribution in [-0.2, 0) is 4.79 Å². The largest absolute Gasteiger partial charge is 0.457 e. The van der Waals surface area contributed by atoms with E-state index in [1.807, 2.05) is 79.7 Å². The van der Waals surface area contributed by atoms with Crippen molar-refractivity contribution in [3.05, 3.63) is 72.6 Å². The Hall–Kier alpha value is -4.42. The standard InChI is InChI=1S/C27H29N7O2/c1-33(2)14-12-20(16-28)27(35)34-15-13-21(17-34)32-26-24(25(29)30-18-31-26)19-8-10-23(11-9-19)36-22-6-4-3-5-7-22/h3-12,18,21H,13-15,17H2,1-2H3,(H3,29,30,31,32). The van der Waals surface area contributed by atoms with E-state index in [-0.39, 0.29) is 17.5 Å². The van der Waals surface area contributed by atoms with Crippen LogP contribution in [0.3, 0.4) is 0 Å². The SMILES string of the molecule is CN(C)CC=C(C#N)C(=O)N1CCC(Nc2ncnc(N)c2-c2ccc(Oc3ccccc3)cc2)C1. The van der Waals surface area contributed by atoms with Crippen LogP contribution in [0.25, 0.3) is 11.1 Å². The molecule has 9 heteroatoms. The molecule has 0 bridgehead atoms. The van der Waals surface area contributed by atoms with Gasteiger partial charge in [-0.3, -0.25) is 4.79 Å². The normalized spacial score (nSPS) is 15.6. The summed E-state index contributed by atoms with van der Waals surface area (Å²) in [6, 6.07) is 19.1. The minimum Gasteiger partial charge on any atom is -0.457 e. The third kappa shape index (κ3) is 5.98. The number of nitrogen functional groups attached to an aromatic ring is 1. The second kappa shape index (κ2) is 11.3. The molecule has 1 aliphatic rings. The maximum Gasteiger partial charge on any atom is 0.264 e. The number of likely N-dealkylation sites (N-methyl/N-ethyl adjacent to an activating group) is 1. The maximum atomic E-state index is 12.8. The third-order valence-electron chi connectivity index (χ3n) is 5.83. The first-order chi connectivity index (χ1) is 17.4. The van der Waals surface area contributed by atoms with Crippen LogP contribution in [0.4, 0.5) is 11.6 Å². The summed E-state index contributed by atoms with van der Waals surface area (Å²) in [5.41, 5.74) is 7.95. The minimum atomic E-state index is -0.250. The lowest BCUT2D eigenvalue weighted by Gasteiger charge is -2.19. The number of nitrogens with zero attached hydrogens (tertiary/aromatic N) is 5. The van der Waals surface area contributed by atoms with E-state index in [1.54, 1.807) is 11.0 Å². The fourth-order valence-electron chi connectivity index (χ4n) is 3.99. The monoisotopic (exact) mass is 483 g/mol. The molecule has 1 amide bonds. The van der Waals surface area contributed by atoms with Crippen molar-refractivity contribution >= 4 is 17.5 Å². The Labute approximate surface area is 210 Å². The summed E-state index contributed by atoms with van der Waals surface area (Å²) in [6.45, 7) is 1.55. The lowest BCUT2D eigenvalue weighted by molar-refractivity contribution is -0.125. The van der Waals surface area contributed by atoms with Crippen molar-refractivity contribution in [1.82, 2.24) is 19.8 Å². The van der Waals surface area contributed by atoms with Gasteiger partial charge in [0, 0.05) is 25.7 Å². The summed E-state index contributed by atoms with van der Waals surface area (Å²) in [6.07, 6.45) is 3.81. The molecule has 2 aromatic carbocycles. The van der Waals surface area contributed by atoms with E-state index in [2.05, 4.69) is 15.3 Å². The van der Waals surface area contributed by atoms with Gasteiger partial charge in [-0.25, -0.2) is 9.97 Å². The van der Waals surface area contributed by atoms with Gasteiger partial charge in [-0.15, -0.1) is 0 Å². The lowest BCUT2D eigenvalue weighted by Crippen LogP contribution is -2.33. The van der Waals surface area contributed by atoms with E-state index >= 15 is 0 Å². The molecule has 4 rings (SSSR count). The Morgan fingerprint density at radius 1 is 1.19 bits per heavy atom. The highest BCUT2D eigenvalue weighted by Gasteiger charge is 2.29. The van der Waals surface area contributed by atoms with Gasteiger partial charge in [0.05, 0.1) is 5.56 Å². The Morgan fingerprint density at radius 3 is 2.61 bits per heavy atom. The summed E-state index contributed by atoms with van der Waals surface area (Å²) in [7, 11) is 3.78. The molecule has 0 spiro atoms. The molecular formula is C27H29N7O2. The summed E-state index contributed by atoms with van der Waals surface area (Å²) in [4.78, 5) is 25.0. The zero-order valence-electron chi connectivity index (χ0n) is 20.4. The molecule has 1 aliphatic heterocycles. The molecule has 1 aromatic heterocycles. The molecule has 3 aromatic rings. The first-order valence-electron chi connectivity index (χ1n) is 11.7. The number of nitrogens with two attached hydrogens (primary N) is 1. The van der Waals surface area contributed by atoms with Crippen molar-refractivity contribution in [2.24, 2.45) is 0 Å². The summed E-state index contributed by atoms with van der Waals surface area (Å²) in [5.74, 6) is 2.16. The van der Waals surface area contributed by atoms with E-state index in [4.69, 9.17) is 10.5 Å². The molecule has 0 aliphatic carbocycles. The van der Waals surface area contributed by atoms with Crippen LogP contribution in [0.5, 0.6) is 11.5 Å². The van der Waals surface area contributed by atoms with Gasteiger partial charge in [0.15, 0.2) is 0 Å². The smallest absolute Gasteiger partial charge is 0.264 e. The highest BCUT2D eigenvalue weighted by molar-refractivity contribution is 5.97. The number of aromatic nitrogens is 2. The van der Waals surface area contributed by atoms with Gasteiger partial charge < -0.3 is 25.6 Å². The number of amides is 1. The summed E-state index contributed by atoms with van der Waals surface area (Å²) in [5, 5.41) is 12.9. The molecule has 0 saturated carbocycles. The Balaban J connectivity index is 1.47. The van der Waals surface area contributed by atoms with Crippen LogP contribution in [0, 0.1) is 11.3 Å². The molecule has 36 heavy (non-hydrogen) atoms. The van der Waals surface area contributed by atoms with Gasteiger partial charge in [0.2, 0.25) is 0 Å². The van der Waals surface area contributed by atoms with Gasteiger partial charge in [-0.2, -0.15) is 5.26 Å². The molecule has 1 unspecified atom stereocenters. The number of nitrogens with one attached hydrogen (secondary N) is 1. The fraction of sp³-hybridized carbons (Fsp3) is 0.259. The molecule has 2 heterocycles. The fourth-order valence-corrected chi connectivity index (χ4v) is 3.99. The minimum absolute atomic E-state index is 0.0310. The van der Waals surface area contributed by atoms with Crippen LogP contribution < -0.4 is 15.8 Å². The number of likely N-dealkylation sites (tertiary alicyclic amines) is 1. The Morgan fingerprint density at radius 2 is 1.92 bits per heavy atom. The van der Waals surface area contributed by atoms with E-state index in [1.165, 1.54) is 6.33 Å². The van der Waals surface area contributed by atoms with Gasteiger partial charge in [0.1, 0.15) is 41.1 Å². The number of hydrogen-bond donors (Lipinski definition) is 2. The van der Waals surface area contributed by atoms with Crippen LogP contribution in [0.2, 0.25) is 0 Å². The molecule has 1 fully saturated rings. The predicted octanol–water partition coefficient (Wildman–Crippen LogP) is 3.54. The van der Waals surface area contributed by atoms with Gasteiger partial charge in [0.25, 0.3) is 5.91 Å². The van der Waals surface area contributed by atoms with Crippen molar-refractivity contribution in [1.29, 1.82) is 5.26 Å². The molecular weight excluding hydrogens is 454 g/mol. The number of carbonyl (C=O) groups excluding carboxylic acids is 1. The van der Waals surface area contributed by atoms with Crippen LogP contribution >= 0.6 is 0 Å². The average molecular weight is 484 g/mol. The van der Waals surface area contributed by atoms with E-state index < -0.39 is 0 Å². The Kier molecular flexibility index (Phi) is 7.78. The highest BCUT2D eigenvalue weighted by Crippen LogP contribution is 2.33. The zero-order chi connectivity index (χ0) is 25.5. The van der Waals surface area contributed by atoms with Gasteiger partial charge in [-0.05, 0) is 56.4 Å². The first-order valence-corrected chi connectivity index (χ1v) is 11.7. The van der Waals surface area contributed by atoms with E-state index in [0.717, 1.165) is 17.7 Å². The van der Waals surface area contributed by atoms with Crippen molar-refractivity contribution in [2.45, 2.75) is 12.5 Å². The van der Waals surface area contributed by atoms with E-state index in [9.17, 15) is 10.1 Å². The number of ether oxygens (including phenoxy) is 1. The molecule has 1 saturated heterocycles. The summed E-state index contributed by atoms with van der Waals surface area (Å²) < 4.78 is 5.88. The quantitative estimate of drug-likeness (QED) is 0.369. The molecule has 1 atom stereocenters. The molecule has 184 valence electrons. The average Bonchev–Trinajstić information content (AvgIpc) is 3.34. The van der Waals surface area contributed by atoms with Gasteiger partial charge >= 0.3 is 0 Å². The highest BCUT2D eigenvalue weighted by atomic mass is 16.5. The van der Waals surface area contributed by atoms with Crippen LogP contribution in [-0.4, -0.2) is 65.4 Å². The number of para-hydroxylation sites is 1. The molecule has 0 radical (unpaired) electrons. The lowest BCUT2D eigenvalue weighted by atomic mass is 10.1. The van der Waals surface area contributed by atoms with Crippen LogP contribution in [0.15, 0.2) is 72.6 Å². The first kappa shape index (κ1) is 24.7. The number of benzene rings is 2. The van der Waals surface area contributed by atoms with Crippen molar-refractivity contribution in [3.63, 3.8) is 0 Å².